The third-order valence-corrected chi connectivity index (χ3v) is 9.59. The van der Waals surface area contributed by atoms with Gasteiger partial charge in [0, 0.05) is 60.6 Å². The summed E-state index contributed by atoms with van der Waals surface area (Å²) in [7, 11) is -3.20. The Morgan fingerprint density at radius 3 is 2.59 bits per heavy atom. The Bertz CT molecular complexity index is 1530. The molecule has 2 atom stereocenters. The Balaban J connectivity index is 1.39. The number of thiophene rings is 1. The van der Waals surface area contributed by atoms with Crippen LogP contribution in [0, 0.1) is 0 Å². The second-order valence-electron chi connectivity index (χ2n) is 9.99. The van der Waals surface area contributed by atoms with E-state index in [2.05, 4.69) is 39.9 Å². The average Bonchev–Trinajstić information content (AvgIpc) is 3.52. The summed E-state index contributed by atoms with van der Waals surface area (Å²) >= 11 is 1.69. The van der Waals surface area contributed by atoms with Gasteiger partial charge in [0.1, 0.15) is 10.6 Å². The zero-order valence-corrected chi connectivity index (χ0v) is 22.8. The molecule has 5 heterocycles. The molecule has 4 aromatic rings. The van der Waals surface area contributed by atoms with Gasteiger partial charge in [-0.25, -0.2) is 18.4 Å². The molecule has 0 aliphatic carbocycles. The van der Waals surface area contributed by atoms with Crippen LogP contribution in [0.2, 0.25) is 0 Å². The summed E-state index contributed by atoms with van der Waals surface area (Å²) in [6, 6.07) is 8.49. The smallest absolute Gasteiger partial charge is 0.211 e. The quantitative estimate of drug-likeness (QED) is 0.411. The standard InChI is InChI=1S/C25H31N7O3S2/c1-16-13-31(37(3,33)34)14-17(2)32(16)15-18-11-20-24(30-7-9-35-10-8-30)27-23(28-25(20)36-18)19-5-4-6-22-21(19)12-26-29-22/h4-6,11-12,16-17H,7-10,13-15H2,1-3H3,(H,26,29)/t16-,17+. The molecule has 10 nitrogen and oxygen atoms in total. The van der Waals surface area contributed by atoms with Crippen LogP contribution < -0.4 is 4.90 Å². The normalized spacial score (nSPS) is 22.3. The van der Waals surface area contributed by atoms with Crippen LogP contribution in [0.3, 0.4) is 0 Å². The van der Waals surface area contributed by atoms with E-state index in [0.29, 0.717) is 32.1 Å². The first-order chi connectivity index (χ1) is 17.8. The van der Waals surface area contributed by atoms with Crippen LogP contribution in [0.25, 0.3) is 32.5 Å². The molecular weight excluding hydrogens is 510 g/mol. The molecule has 12 heteroatoms. The van der Waals surface area contributed by atoms with Crippen LogP contribution in [0.15, 0.2) is 30.5 Å². The van der Waals surface area contributed by atoms with E-state index < -0.39 is 10.0 Å². The van der Waals surface area contributed by atoms with Crippen LogP contribution in [0.1, 0.15) is 18.7 Å². The Kier molecular flexibility index (Phi) is 6.40. The molecule has 0 amide bonds. The molecule has 0 unspecified atom stereocenters. The van der Waals surface area contributed by atoms with Crippen molar-refractivity contribution in [3.63, 3.8) is 0 Å². The third kappa shape index (κ3) is 4.72. The summed E-state index contributed by atoms with van der Waals surface area (Å²) in [6.07, 6.45) is 3.12. The largest absolute Gasteiger partial charge is 0.378 e. The number of nitrogens with zero attached hydrogens (tertiary/aromatic N) is 6. The molecule has 0 spiro atoms. The van der Waals surface area contributed by atoms with Crippen molar-refractivity contribution < 1.29 is 13.2 Å². The van der Waals surface area contributed by atoms with Gasteiger partial charge in [-0.05, 0) is 26.0 Å². The number of aromatic amines is 1. The van der Waals surface area contributed by atoms with E-state index >= 15 is 0 Å². The second kappa shape index (κ2) is 9.59. The maximum absolute atomic E-state index is 12.1. The van der Waals surface area contributed by atoms with Gasteiger partial charge < -0.3 is 9.64 Å². The Labute approximate surface area is 220 Å². The van der Waals surface area contributed by atoms with E-state index in [-0.39, 0.29) is 12.1 Å². The first-order valence-corrected chi connectivity index (χ1v) is 15.2. The highest BCUT2D eigenvalue weighted by Gasteiger charge is 2.34. The number of nitrogens with one attached hydrogen (secondary N) is 1. The number of aromatic nitrogens is 4. The van der Waals surface area contributed by atoms with Crippen molar-refractivity contribution >= 4 is 48.3 Å². The lowest BCUT2D eigenvalue weighted by Gasteiger charge is -2.43. The van der Waals surface area contributed by atoms with E-state index in [0.717, 1.165) is 52.1 Å². The summed E-state index contributed by atoms with van der Waals surface area (Å²) in [5, 5.41) is 9.31. The summed E-state index contributed by atoms with van der Waals surface area (Å²) in [6.45, 7) is 8.88. The fourth-order valence-electron chi connectivity index (χ4n) is 5.40. The molecule has 0 bridgehead atoms. The number of anilines is 1. The van der Waals surface area contributed by atoms with Gasteiger partial charge in [-0.3, -0.25) is 10.00 Å². The van der Waals surface area contributed by atoms with Crippen LogP contribution in [0.4, 0.5) is 5.82 Å². The topological polar surface area (TPSA) is 108 Å². The molecule has 1 N–H and O–H groups in total. The van der Waals surface area contributed by atoms with E-state index in [9.17, 15) is 8.42 Å². The highest BCUT2D eigenvalue weighted by molar-refractivity contribution is 7.88. The van der Waals surface area contributed by atoms with E-state index in [4.69, 9.17) is 14.7 Å². The Hall–Kier alpha value is -2.64. The minimum atomic E-state index is -3.20. The molecular formula is C25H31N7O3S2. The van der Waals surface area contributed by atoms with E-state index in [1.165, 1.54) is 11.1 Å². The van der Waals surface area contributed by atoms with Gasteiger partial charge in [0.25, 0.3) is 0 Å². The van der Waals surface area contributed by atoms with Crippen LogP contribution in [-0.2, 0) is 21.3 Å². The van der Waals surface area contributed by atoms with Crippen LogP contribution >= 0.6 is 11.3 Å². The first-order valence-electron chi connectivity index (χ1n) is 12.5. The molecule has 2 aliphatic rings. The second-order valence-corrected chi connectivity index (χ2v) is 13.1. The lowest BCUT2D eigenvalue weighted by atomic mass is 10.1. The van der Waals surface area contributed by atoms with Crippen molar-refractivity contribution in [1.82, 2.24) is 29.4 Å². The monoisotopic (exact) mass is 541 g/mol. The van der Waals surface area contributed by atoms with Gasteiger partial charge in [-0.1, -0.05) is 12.1 Å². The zero-order valence-electron chi connectivity index (χ0n) is 21.2. The number of H-pyrrole nitrogens is 1. The molecule has 0 radical (unpaired) electrons. The van der Waals surface area contributed by atoms with Gasteiger partial charge in [-0.2, -0.15) is 9.40 Å². The van der Waals surface area contributed by atoms with Crippen molar-refractivity contribution in [3.8, 4) is 11.4 Å². The molecule has 196 valence electrons. The predicted molar refractivity (Wildman–Crippen MR) is 146 cm³/mol. The number of fused-ring (bicyclic) bond motifs is 2. The zero-order chi connectivity index (χ0) is 25.7. The molecule has 3 aromatic heterocycles. The molecule has 2 fully saturated rings. The summed E-state index contributed by atoms with van der Waals surface area (Å²) in [4.78, 5) is 17.0. The third-order valence-electron chi connectivity index (χ3n) is 7.34. The fourth-order valence-corrected chi connectivity index (χ4v) is 7.41. The van der Waals surface area contributed by atoms with Crippen LogP contribution in [0.5, 0.6) is 0 Å². The van der Waals surface area contributed by atoms with Gasteiger partial charge in [0.05, 0.1) is 36.6 Å². The number of hydrogen-bond acceptors (Lipinski definition) is 9. The number of morpholine rings is 1. The highest BCUT2D eigenvalue weighted by atomic mass is 32.2. The van der Waals surface area contributed by atoms with Crippen LogP contribution in [-0.4, -0.2) is 95.5 Å². The van der Waals surface area contributed by atoms with Crippen molar-refractivity contribution in [3.05, 3.63) is 35.3 Å². The number of rotatable bonds is 5. The lowest BCUT2D eigenvalue weighted by molar-refractivity contribution is 0.0712. The minimum Gasteiger partial charge on any atom is -0.378 e. The number of hydrogen-bond donors (Lipinski definition) is 1. The number of benzene rings is 1. The molecule has 1 aromatic carbocycles. The first kappa shape index (κ1) is 24.7. The molecule has 2 aliphatic heterocycles. The number of ether oxygens (including phenoxy) is 1. The van der Waals surface area contributed by atoms with Crippen molar-refractivity contribution in [2.45, 2.75) is 32.5 Å². The predicted octanol–water partition coefficient (Wildman–Crippen LogP) is 2.93. The summed E-state index contributed by atoms with van der Waals surface area (Å²) in [5.74, 6) is 1.63. The number of sulfonamides is 1. The summed E-state index contributed by atoms with van der Waals surface area (Å²) in [5.41, 5.74) is 1.91. The van der Waals surface area contributed by atoms with Gasteiger partial charge in [0.15, 0.2) is 5.82 Å². The van der Waals surface area contributed by atoms with Crippen molar-refractivity contribution in [2.75, 3.05) is 50.5 Å². The maximum atomic E-state index is 12.1. The van der Waals surface area contributed by atoms with Gasteiger partial charge in [-0.15, -0.1) is 11.3 Å². The molecule has 6 rings (SSSR count). The Morgan fingerprint density at radius 2 is 1.86 bits per heavy atom. The average molecular weight is 542 g/mol. The summed E-state index contributed by atoms with van der Waals surface area (Å²) < 4.78 is 31.5. The highest BCUT2D eigenvalue weighted by Crippen LogP contribution is 2.36. The minimum absolute atomic E-state index is 0.114. The Morgan fingerprint density at radius 1 is 1.11 bits per heavy atom. The molecule has 2 saturated heterocycles. The SMILES string of the molecule is C[C@@H]1CN(S(C)(=O)=O)C[C@H](C)N1Cc1cc2c(N3CCOCC3)nc(-c3cccc4[nH]ncc34)nc2s1. The molecule has 37 heavy (non-hydrogen) atoms. The maximum Gasteiger partial charge on any atom is 0.211 e. The van der Waals surface area contributed by atoms with Crippen molar-refractivity contribution in [1.29, 1.82) is 0 Å². The van der Waals surface area contributed by atoms with E-state index in [1.807, 2.05) is 24.4 Å². The van der Waals surface area contributed by atoms with Gasteiger partial charge >= 0.3 is 0 Å². The number of piperazine rings is 1. The van der Waals surface area contributed by atoms with Crippen molar-refractivity contribution in [2.24, 2.45) is 0 Å². The lowest BCUT2D eigenvalue weighted by Crippen LogP contribution is -2.57. The fraction of sp³-hybridized carbons (Fsp3) is 0.480. The van der Waals surface area contributed by atoms with Gasteiger partial charge in [0.2, 0.25) is 10.0 Å². The van der Waals surface area contributed by atoms with E-state index in [1.54, 1.807) is 15.6 Å². The molecule has 0 saturated carbocycles.